The summed E-state index contributed by atoms with van der Waals surface area (Å²) in [5.74, 6) is 0.548. The Labute approximate surface area is 166 Å². The Morgan fingerprint density at radius 2 is 1.96 bits per heavy atom. The Kier molecular flexibility index (Phi) is 5.25. The molecule has 1 spiro atoms. The highest BCUT2D eigenvalue weighted by Crippen LogP contribution is 2.40. The molecule has 0 aliphatic carbocycles. The lowest BCUT2D eigenvalue weighted by atomic mass is 9.78. The first-order valence-electron chi connectivity index (χ1n) is 10.3. The van der Waals surface area contributed by atoms with Crippen molar-refractivity contribution >= 4 is 11.8 Å². The molecule has 5 nitrogen and oxygen atoms in total. The van der Waals surface area contributed by atoms with Crippen LogP contribution in [0.3, 0.4) is 0 Å². The van der Waals surface area contributed by atoms with E-state index < -0.39 is 5.41 Å². The molecule has 4 rings (SSSR count). The third-order valence-corrected chi connectivity index (χ3v) is 6.26. The summed E-state index contributed by atoms with van der Waals surface area (Å²) < 4.78 is 5.37. The highest BCUT2D eigenvalue weighted by molar-refractivity contribution is 5.94. The molecular weight excluding hydrogens is 352 g/mol. The predicted octanol–water partition coefficient (Wildman–Crippen LogP) is 3.68. The van der Waals surface area contributed by atoms with E-state index in [9.17, 15) is 9.59 Å². The molecule has 2 aliphatic rings. The Hall–Kier alpha value is -2.56. The molecule has 0 N–H and O–H groups in total. The average molecular weight is 380 g/mol. The maximum atomic E-state index is 13.3. The monoisotopic (exact) mass is 380 g/mol. The molecule has 28 heavy (non-hydrogen) atoms. The van der Waals surface area contributed by atoms with Crippen molar-refractivity contribution in [2.24, 2.45) is 5.41 Å². The fourth-order valence-corrected chi connectivity index (χ4v) is 4.64. The second kappa shape index (κ2) is 7.82. The number of likely N-dealkylation sites (tertiary alicyclic amines) is 2. The van der Waals surface area contributed by atoms with Gasteiger partial charge in [0.1, 0.15) is 0 Å². The van der Waals surface area contributed by atoms with Crippen molar-refractivity contribution in [3.8, 4) is 0 Å². The van der Waals surface area contributed by atoms with Gasteiger partial charge in [0, 0.05) is 31.7 Å². The van der Waals surface area contributed by atoms with Gasteiger partial charge in [-0.3, -0.25) is 9.59 Å². The smallest absolute Gasteiger partial charge is 0.289 e. The lowest BCUT2D eigenvalue weighted by molar-refractivity contribution is -0.145. The van der Waals surface area contributed by atoms with Crippen LogP contribution in [0.5, 0.6) is 0 Å². The average Bonchev–Trinajstić information content (AvgIpc) is 3.33. The third kappa shape index (κ3) is 3.58. The van der Waals surface area contributed by atoms with Gasteiger partial charge in [-0.1, -0.05) is 30.3 Å². The van der Waals surface area contributed by atoms with Crippen LogP contribution in [0.2, 0.25) is 0 Å². The minimum Gasteiger partial charge on any atom is -0.459 e. The Morgan fingerprint density at radius 1 is 1.14 bits per heavy atom. The van der Waals surface area contributed by atoms with Crippen molar-refractivity contribution in [1.29, 1.82) is 0 Å². The number of benzene rings is 1. The topological polar surface area (TPSA) is 53.8 Å². The van der Waals surface area contributed by atoms with Gasteiger partial charge in [0.2, 0.25) is 5.91 Å². The summed E-state index contributed by atoms with van der Waals surface area (Å²) in [4.78, 5) is 29.9. The van der Waals surface area contributed by atoms with E-state index in [-0.39, 0.29) is 11.8 Å². The summed E-state index contributed by atoms with van der Waals surface area (Å²) in [7, 11) is 0. The van der Waals surface area contributed by atoms with Crippen LogP contribution in [0.25, 0.3) is 0 Å². The summed E-state index contributed by atoms with van der Waals surface area (Å²) in [5, 5.41) is 0. The molecule has 0 saturated carbocycles. The number of piperidine rings is 1. The first kappa shape index (κ1) is 18.8. The number of hydrogen-bond acceptors (Lipinski definition) is 3. The van der Waals surface area contributed by atoms with Crippen LogP contribution in [0.4, 0.5) is 0 Å². The number of hydrogen-bond donors (Lipinski definition) is 0. The lowest BCUT2D eigenvalue weighted by Crippen LogP contribution is -2.50. The van der Waals surface area contributed by atoms with Crippen LogP contribution in [-0.4, -0.2) is 47.8 Å². The molecule has 2 aromatic rings. The molecule has 2 aliphatic heterocycles. The minimum absolute atomic E-state index is 0.0895. The number of furan rings is 1. The SMILES string of the molecule is Cc1ccoc1C(=O)N1CC[C@]2(CCCN(CCCc3ccccc3)C2=O)C1. The van der Waals surface area contributed by atoms with E-state index in [4.69, 9.17) is 4.42 Å². The minimum atomic E-state index is -0.402. The van der Waals surface area contributed by atoms with Gasteiger partial charge < -0.3 is 14.2 Å². The summed E-state index contributed by atoms with van der Waals surface area (Å²) in [6.45, 7) is 4.65. The van der Waals surface area contributed by atoms with Gasteiger partial charge in [-0.25, -0.2) is 0 Å². The van der Waals surface area contributed by atoms with Crippen LogP contribution in [0.1, 0.15) is 47.4 Å². The Bertz CT molecular complexity index is 845. The van der Waals surface area contributed by atoms with Gasteiger partial charge in [-0.05, 0) is 50.7 Å². The molecule has 1 aromatic heterocycles. The molecule has 3 heterocycles. The van der Waals surface area contributed by atoms with Crippen LogP contribution < -0.4 is 0 Å². The molecule has 0 radical (unpaired) electrons. The molecule has 0 bridgehead atoms. The van der Waals surface area contributed by atoms with Crippen molar-refractivity contribution in [2.75, 3.05) is 26.2 Å². The number of aryl methyl sites for hydroxylation is 2. The molecule has 1 atom stereocenters. The fraction of sp³-hybridized carbons (Fsp3) is 0.478. The van der Waals surface area contributed by atoms with E-state index in [1.807, 2.05) is 17.9 Å². The molecule has 5 heteroatoms. The molecular formula is C23H28N2O3. The predicted molar refractivity (Wildman–Crippen MR) is 107 cm³/mol. The maximum absolute atomic E-state index is 13.3. The van der Waals surface area contributed by atoms with Gasteiger partial charge in [0.05, 0.1) is 11.7 Å². The largest absolute Gasteiger partial charge is 0.459 e. The van der Waals surface area contributed by atoms with Crippen LogP contribution in [0.15, 0.2) is 47.1 Å². The summed E-state index contributed by atoms with van der Waals surface area (Å²) in [6.07, 6.45) is 6.15. The van der Waals surface area contributed by atoms with E-state index >= 15 is 0 Å². The van der Waals surface area contributed by atoms with Crippen molar-refractivity contribution < 1.29 is 14.0 Å². The number of amides is 2. The van der Waals surface area contributed by atoms with Crippen molar-refractivity contribution in [1.82, 2.24) is 9.80 Å². The van der Waals surface area contributed by atoms with E-state index in [0.717, 1.165) is 50.8 Å². The molecule has 2 amide bonds. The molecule has 2 saturated heterocycles. The molecule has 148 valence electrons. The Balaban J connectivity index is 1.37. The lowest BCUT2D eigenvalue weighted by Gasteiger charge is -2.39. The highest BCUT2D eigenvalue weighted by atomic mass is 16.3. The molecule has 2 fully saturated rings. The van der Waals surface area contributed by atoms with Crippen LogP contribution in [-0.2, 0) is 11.2 Å². The second-order valence-corrected chi connectivity index (χ2v) is 8.17. The zero-order chi connectivity index (χ0) is 19.6. The first-order valence-corrected chi connectivity index (χ1v) is 10.3. The Morgan fingerprint density at radius 3 is 2.71 bits per heavy atom. The van der Waals surface area contributed by atoms with E-state index in [2.05, 4.69) is 24.3 Å². The van der Waals surface area contributed by atoms with E-state index in [1.54, 1.807) is 17.2 Å². The summed E-state index contributed by atoms with van der Waals surface area (Å²) >= 11 is 0. The van der Waals surface area contributed by atoms with Gasteiger partial charge in [-0.2, -0.15) is 0 Å². The van der Waals surface area contributed by atoms with Gasteiger partial charge >= 0.3 is 0 Å². The van der Waals surface area contributed by atoms with Gasteiger partial charge in [0.15, 0.2) is 5.76 Å². The van der Waals surface area contributed by atoms with Crippen molar-refractivity contribution in [3.05, 3.63) is 59.5 Å². The fourth-order valence-electron chi connectivity index (χ4n) is 4.64. The normalized spacial score (nSPS) is 22.2. The second-order valence-electron chi connectivity index (χ2n) is 8.17. The zero-order valence-corrected chi connectivity index (χ0v) is 16.5. The number of carbonyl (C=O) groups excluding carboxylic acids is 2. The van der Waals surface area contributed by atoms with Crippen LogP contribution in [0, 0.1) is 12.3 Å². The van der Waals surface area contributed by atoms with Gasteiger partial charge in [0.25, 0.3) is 5.91 Å². The third-order valence-electron chi connectivity index (χ3n) is 6.26. The summed E-state index contributed by atoms with van der Waals surface area (Å²) in [6, 6.07) is 12.2. The standard InChI is InChI=1S/C23H28N2O3/c1-18-10-16-28-20(18)21(26)25-15-12-23(17-25)11-6-14-24(22(23)27)13-5-9-19-7-3-2-4-8-19/h2-4,7-8,10,16H,5-6,9,11-15,17H2,1H3/t23-/m1/s1. The van der Waals surface area contributed by atoms with Gasteiger partial charge in [-0.15, -0.1) is 0 Å². The van der Waals surface area contributed by atoms with Crippen molar-refractivity contribution in [3.63, 3.8) is 0 Å². The van der Waals surface area contributed by atoms with E-state index in [0.29, 0.717) is 18.8 Å². The number of carbonyl (C=O) groups is 2. The quantitative estimate of drug-likeness (QED) is 0.795. The maximum Gasteiger partial charge on any atom is 0.289 e. The van der Waals surface area contributed by atoms with E-state index in [1.165, 1.54) is 5.56 Å². The van der Waals surface area contributed by atoms with Crippen LogP contribution >= 0.6 is 0 Å². The number of rotatable bonds is 5. The number of nitrogens with zero attached hydrogens (tertiary/aromatic N) is 2. The highest BCUT2D eigenvalue weighted by Gasteiger charge is 2.49. The van der Waals surface area contributed by atoms with Crippen molar-refractivity contribution in [2.45, 2.75) is 39.0 Å². The molecule has 0 unspecified atom stereocenters. The zero-order valence-electron chi connectivity index (χ0n) is 16.5. The first-order chi connectivity index (χ1) is 13.6. The molecule has 1 aromatic carbocycles. The summed E-state index contributed by atoms with van der Waals surface area (Å²) in [5.41, 5.74) is 1.76.